The van der Waals surface area contributed by atoms with Crippen LogP contribution in [0.3, 0.4) is 0 Å². The van der Waals surface area contributed by atoms with Crippen LogP contribution in [-0.4, -0.2) is 4.98 Å². The Kier molecular flexibility index (Phi) is 3.95. The Morgan fingerprint density at radius 3 is 2.76 bits per heavy atom. The topological polar surface area (TPSA) is 50.9 Å². The van der Waals surface area contributed by atoms with Gasteiger partial charge in [-0.25, -0.2) is 0 Å². The number of aromatic nitrogens is 1. The fraction of sp³-hybridized carbons (Fsp3) is 0.167. The van der Waals surface area contributed by atoms with E-state index in [-0.39, 0.29) is 6.04 Å². The molecule has 1 aromatic heterocycles. The SMILES string of the molecule is Cc1ccccc1CC(NN)c1ccc2ncccc2c1. The second-order valence-electron chi connectivity index (χ2n) is 5.31. The molecule has 3 rings (SSSR count). The molecule has 0 fully saturated rings. The van der Waals surface area contributed by atoms with Gasteiger partial charge in [-0.05, 0) is 48.2 Å². The average Bonchev–Trinajstić information content (AvgIpc) is 2.54. The van der Waals surface area contributed by atoms with Crippen LogP contribution in [0.15, 0.2) is 60.8 Å². The predicted octanol–water partition coefficient (Wildman–Crippen LogP) is 3.29. The van der Waals surface area contributed by atoms with Crippen molar-refractivity contribution in [2.45, 2.75) is 19.4 Å². The number of nitrogens with zero attached hydrogens (tertiary/aromatic N) is 1. The molecule has 3 nitrogen and oxygen atoms in total. The van der Waals surface area contributed by atoms with Gasteiger partial charge in [-0.15, -0.1) is 0 Å². The first-order valence-electron chi connectivity index (χ1n) is 7.13. The van der Waals surface area contributed by atoms with Gasteiger partial charge >= 0.3 is 0 Å². The smallest absolute Gasteiger partial charge is 0.0702 e. The molecule has 0 aliphatic heterocycles. The maximum Gasteiger partial charge on any atom is 0.0702 e. The van der Waals surface area contributed by atoms with Crippen molar-refractivity contribution in [3.05, 3.63) is 77.5 Å². The molecule has 1 heterocycles. The number of pyridine rings is 1. The van der Waals surface area contributed by atoms with E-state index in [1.54, 1.807) is 0 Å². The van der Waals surface area contributed by atoms with Gasteiger partial charge in [-0.3, -0.25) is 16.3 Å². The van der Waals surface area contributed by atoms with E-state index in [2.05, 4.69) is 59.8 Å². The molecule has 3 N–H and O–H groups in total. The Hall–Kier alpha value is -2.23. The van der Waals surface area contributed by atoms with E-state index in [1.165, 1.54) is 16.7 Å². The molecule has 0 saturated carbocycles. The molecule has 21 heavy (non-hydrogen) atoms. The summed E-state index contributed by atoms with van der Waals surface area (Å²) in [6, 6.07) is 18.8. The number of aryl methyl sites for hydroxylation is 1. The van der Waals surface area contributed by atoms with Gasteiger partial charge in [0, 0.05) is 11.6 Å². The van der Waals surface area contributed by atoms with Gasteiger partial charge < -0.3 is 0 Å². The van der Waals surface area contributed by atoms with Crippen molar-refractivity contribution in [1.82, 2.24) is 10.4 Å². The lowest BCUT2D eigenvalue weighted by atomic mass is 9.95. The first-order valence-corrected chi connectivity index (χ1v) is 7.13. The molecule has 2 aromatic carbocycles. The largest absolute Gasteiger partial charge is 0.271 e. The normalized spacial score (nSPS) is 12.5. The zero-order chi connectivity index (χ0) is 14.7. The fourth-order valence-electron chi connectivity index (χ4n) is 2.64. The van der Waals surface area contributed by atoms with Crippen LogP contribution in [0.1, 0.15) is 22.7 Å². The van der Waals surface area contributed by atoms with Crippen LogP contribution < -0.4 is 11.3 Å². The van der Waals surface area contributed by atoms with E-state index in [9.17, 15) is 0 Å². The molecular formula is C18H19N3. The quantitative estimate of drug-likeness (QED) is 0.568. The predicted molar refractivity (Wildman–Crippen MR) is 86.7 cm³/mol. The van der Waals surface area contributed by atoms with Crippen LogP contribution >= 0.6 is 0 Å². The van der Waals surface area contributed by atoms with Gasteiger partial charge in [-0.2, -0.15) is 0 Å². The minimum absolute atomic E-state index is 0.0932. The van der Waals surface area contributed by atoms with Gasteiger partial charge in [0.25, 0.3) is 0 Å². The number of nitrogens with one attached hydrogen (secondary N) is 1. The summed E-state index contributed by atoms with van der Waals surface area (Å²) in [5.41, 5.74) is 7.73. The Morgan fingerprint density at radius 2 is 1.95 bits per heavy atom. The molecule has 1 unspecified atom stereocenters. The molecule has 1 atom stereocenters. The Morgan fingerprint density at radius 1 is 1.10 bits per heavy atom. The summed E-state index contributed by atoms with van der Waals surface area (Å²) in [6.45, 7) is 2.13. The van der Waals surface area contributed by atoms with Crippen molar-refractivity contribution in [3.8, 4) is 0 Å². The average molecular weight is 277 g/mol. The van der Waals surface area contributed by atoms with E-state index in [4.69, 9.17) is 5.84 Å². The minimum Gasteiger partial charge on any atom is -0.271 e. The third-order valence-electron chi connectivity index (χ3n) is 3.92. The number of benzene rings is 2. The first-order chi connectivity index (χ1) is 10.3. The van der Waals surface area contributed by atoms with Gasteiger partial charge in [0.2, 0.25) is 0 Å². The van der Waals surface area contributed by atoms with Crippen LogP contribution in [0.2, 0.25) is 0 Å². The number of hydrogen-bond acceptors (Lipinski definition) is 3. The lowest BCUT2D eigenvalue weighted by Gasteiger charge is -2.18. The molecule has 3 aromatic rings. The fourth-order valence-corrected chi connectivity index (χ4v) is 2.64. The van der Waals surface area contributed by atoms with E-state index >= 15 is 0 Å². The molecule has 0 radical (unpaired) electrons. The molecule has 0 aliphatic carbocycles. The summed E-state index contributed by atoms with van der Waals surface area (Å²) in [6.07, 6.45) is 2.68. The van der Waals surface area contributed by atoms with Crippen LogP contribution in [0.4, 0.5) is 0 Å². The highest BCUT2D eigenvalue weighted by Crippen LogP contribution is 2.23. The minimum atomic E-state index is 0.0932. The van der Waals surface area contributed by atoms with Crippen molar-refractivity contribution >= 4 is 10.9 Å². The Balaban J connectivity index is 1.93. The highest BCUT2D eigenvalue weighted by Gasteiger charge is 2.12. The third kappa shape index (κ3) is 2.94. The van der Waals surface area contributed by atoms with Gasteiger partial charge in [0.15, 0.2) is 0 Å². The highest BCUT2D eigenvalue weighted by atomic mass is 15.2. The summed E-state index contributed by atoms with van der Waals surface area (Å²) in [7, 11) is 0. The monoisotopic (exact) mass is 277 g/mol. The number of fused-ring (bicyclic) bond motifs is 1. The number of nitrogens with two attached hydrogens (primary N) is 1. The van der Waals surface area contributed by atoms with E-state index in [0.717, 1.165) is 17.3 Å². The van der Waals surface area contributed by atoms with Crippen molar-refractivity contribution < 1.29 is 0 Å². The second-order valence-corrected chi connectivity index (χ2v) is 5.31. The number of rotatable bonds is 4. The summed E-state index contributed by atoms with van der Waals surface area (Å²) in [4.78, 5) is 4.35. The van der Waals surface area contributed by atoms with Crippen molar-refractivity contribution in [3.63, 3.8) is 0 Å². The lowest BCUT2D eigenvalue weighted by molar-refractivity contribution is 0.551. The maximum atomic E-state index is 5.78. The van der Waals surface area contributed by atoms with Gasteiger partial charge in [-0.1, -0.05) is 36.4 Å². The zero-order valence-corrected chi connectivity index (χ0v) is 12.1. The second kappa shape index (κ2) is 6.04. The molecule has 106 valence electrons. The molecule has 0 amide bonds. The Bertz CT molecular complexity index is 752. The maximum absolute atomic E-state index is 5.78. The molecule has 3 heteroatoms. The Labute approximate surface area is 124 Å². The van der Waals surface area contributed by atoms with Crippen LogP contribution in [0.5, 0.6) is 0 Å². The first kappa shape index (κ1) is 13.7. The van der Waals surface area contributed by atoms with Crippen LogP contribution in [-0.2, 0) is 6.42 Å². The standard InChI is InChI=1S/C18H19N3/c1-13-5-2-3-6-14(13)12-18(21-19)16-8-9-17-15(11-16)7-4-10-20-17/h2-11,18,21H,12,19H2,1H3. The molecule has 0 saturated heterocycles. The highest BCUT2D eigenvalue weighted by molar-refractivity contribution is 5.79. The molecule has 0 aliphatic rings. The van der Waals surface area contributed by atoms with Crippen molar-refractivity contribution in [1.29, 1.82) is 0 Å². The van der Waals surface area contributed by atoms with Crippen molar-refractivity contribution in [2.75, 3.05) is 0 Å². The molecular weight excluding hydrogens is 258 g/mol. The summed E-state index contributed by atoms with van der Waals surface area (Å²) in [5, 5.41) is 1.14. The molecule has 0 spiro atoms. The number of hydrogen-bond donors (Lipinski definition) is 2. The summed E-state index contributed by atoms with van der Waals surface area (Å²) < 4.78 is 0. The van der Waals surface area contributed by atoms with Gasteiger partial charge in [0.1, 0.15) is 0 Å². The van der Waals surface area contributed by atoms with E-state index in [1.807, 2.05) is 18.3 Å². The summed E-state index contributed by atoms with van der Waals surface area (Å²) in [5.74, 6) is 5.78. The van der Waals surface area contributed by atoms with Crippen LogP contribution in [0, 0.1) is 6.92 Å². The van der Waals surface area contributed by atoms with Crippen molar-refractivity contribution in [2.24, 2.45) is 5.84 Å². The van der Waals surface area contributed by atoms with Gasteiger partial charge in [0.05, 0.1) is 11.6 Å². The van der Waals surface area contributed by atoms with E-state index < -0.39 is 0 Å². The third-order valence-corrected chi connectivity index (χ3v) is 3.92. The summed E-state index contributed by atoms with van der Waals surface area (Å²) >= 11 is 0. The van der Waals surface area contributed by atoms with E-state index in [0.29, 0.717) is 0 Å². The molecule has 0 bridgehead atoms. The lowest BCUT2D eigenvalue weighted by Crippen LogP contribution is -2.29. The van der Waals surface area contributed by atoms with Crippen LogP contribution in [0.25, 0.3) is 10.9 Å². The number of hydrazine groups is 1. The zero-order valence-electron chi connectivity index (χ0n) is 12.1.